The molecule has 10 heavy (non-hydrogen) atoms. The Labute approximate surface area is 70.2 Å². The van der Waals surface area contributed by atoms with E-state index in [0.29, 0.717) is 13.1 Å². The first-order valence-electron chi connectivity index (χ1n) is 2.96. The maximum Gasteiger partial charge on any atom is 0.160 e. The van der Waals surface area contributed by atoms with Gasteiger partial charge in [0.15, 0.2) is 4.96 Å². The molecule has 0 aromatic carbocycles. The van der Waals surface area contributed by atoms with E-state index in [4.69, 9.17) is 33.4 Å². The van der Waals surface area contributed by atoms with Crippen LogP contribution in [0.4, 0.5) is 0 Å². The molecule has 0 heterocycles. The van der Waals surface area contributed by atoms with Crippen molar-refractivity contribution in [2.75, 3.05) is 26.3 Å². The van der Waals surface area contributed by atoms with Crippen molar-refractivity contribution in [1.82, 2.24) is 4.90 Å². The number of hydrogen-bond donors (Lipinski definition) is 2. The second-order valence-corrected chi connectivity index (χ2v) is 2.81. The summed E-state index contributed by atoms with van der Waals surface area (Å²) in [6, 6.07) is 0. The van der Waals surface area contributed by atoms with Crippen LogP contribution in [0, 0.1) is 0 Å². The number of alkyl halides is 2. The number of aliphatic hydroxyl groups excluding tert-OH is 2. The molecule has 5 heteroatoms. The van der Waals surface area contributed by atoms with Crippen molar-refractivity contribution in [3.8, 4) is 0 Å². The molecule has 0 saturated heterocycles. The number of rotatable bonds is 5. The Morgan fingerprint density at radius 2 is 1.50 bits per heavy atom. The smallest absolute Gasteiger partial charge is 0.160 e. The molecule has 0 unspecified atom stereocenters. The van der Waals surface area contributed by atoms with Crippen LogP contribution in [-0.2, 0) is 0 Å². The van der Waals surface area contributed by atoms with E-state index in [0.717, 1.165) is 0 Å². The molecular formula is C5H11Cl2NO2. The monoisotopic (exact) mass is 187 g/mol. The molecule has 0 aromatic rings. The Morgan fingerprint density at radius 1 is 1.10 bits per heavy atom. The van der Waals surface area contributed by atoms with Gasteiger partial charge in [0, 0.05) is 13.1 Å². The van der Waals surface area contributed by atoms with Gasteiger partial charge in [0.05, 0.1) is 13.2 Å². The molecule has 0 aliphatic carbocycles. The highest BCUT2D eigenvalue weighted by atomic mass is 35.5. The minimum absolute atomic E-state index is 0.00403. The molecule has 2 N–H and O–H groups in total. The standard InChI is InChI=1S/C5H11Cl2NO2/c6-5(7)8(1-3-9)2-4-10/h5,9-10H,1-4H2. The molecule has 0 aromatic heterocycles. The minimum Gasteiger partial charge on any atom is -0.395 e. The maximum atomic E-state index is 8.47. The van der Waals surface area contributed by atoms with E-state index in [2.05, 4.69) is 0 Å². The fraction of sp³-hybridized carbons (Fsp3) is 1.00. The number of nitrogens with zero attached hydrogens (tertiary/aromatic N) is 1. The van der Waals surface area contributed by atoms with Gasteiger partial charge in [0.2, 0.25) is 0 Å². The normalized spacial score (nSPS) is 11.4. The van der Waals surface area contributed by atoms with Gasteiger partial charge < -0.3 is 10.2 Å². The quantitative estimate of drug-likeness (QED) is 0.472. The molecule has 0 bridgehead atoms. The van der Waals surface area contributed by atoms with Crippen LogP contribution >= 0.6 is 23.2 Å². The van der Waals surface area contributed by atoms with Gasteiger partial charge in [-0.2, -0.15) is 0 Å². The third kappa shape index (κ3) is 4.30. The first-order chi connectivity index (χ1) is 4.72. The molecule has 0 atom stereocenters. The van der Waals surface area contributed by atoms with Crippen LogP contribution in [0.1, 0.15) is 0 Å². The predicted molar refractivity (Wildman–Crippen MR) is 41.2 cm³/mol. The van der Waals surface area contributed by atoms with E-state index >= 15 is 0 Å². The van der Waals surface area contributed by atoms with Gasteiger partial charge in [0.1, 0.15) is 0 Å². The van der Waals surface area contributed by atoms with E-state index in [-0.39, 0.29) is 13.2 Å². The molecule has 0 aliphatic heterocycles. The number of hydrogen-bond acceptors (Lipinski definition) is 3. The Kier molecular flexibility index (Phi) is 6.47. The molecule has 0 amide bonds. The van der Waals surface area contributed by atoms with Gasteiger partial charge in [-0.15, -0.1) is 0 Å². The van der Waals surface area contributed by atoms with Crippen LogP contribution < -0.4 is 0 Å². The summed E-state index contributed by atoms with van der Waals surface area (Å²) >= 11 is 10.9. The highest BCUT2D eigenvalue weighted by Gasteiger charge is 2.10. The SMILES string of the molecule is OCCN(CCO)C(Cl)Cl. The molecule has 62 valence electrons. The molecule has 0 rings (SSSR count). The van der Waals surface area contributed by atoms with Gasteiger partial charge in [-0.05, 0) is 0 Å². The maximum absolute atomic E-state index is 8.47. The van der Waals surface area contributed by atoms with Gasteiger partial charge in [-0.25, -0.2) is 0 Å². The molecule has 0 saturated carbocycles. The third-order valence-electron chi connectivity index (χ3n) is 1.05. The summed E-state index contributed by atoms with van der Waals surface area (Å²) in [7, 11) is 0. The summed E-state index contributed by atoms with van der Waals surface area (Å²) in [6.07, 6.45) is 0. The van der Waals surface area contributed by atoms with Crippen molar-refractivity contribution in [2.45, 2.75) is 4.96 Å². The van der Waals surface area contributed by atoms with E-state index in [1.54, 1.807) is 4.90 Å². The second kappa shape index (κ2) is 6.19. The van der Waals surface area contributed by atoms with E-state index in [9.17, 15) is 0 Å². The van der Waals surface area contributed by atoms with Crippen LogP contribution in [0.3, 0.4) is 0 Å². The highest BCUT2D eigenvalue weighted by Crippen LogP contribution is 2.07. The van der Waals surface area contributed by atoms with Crippen LogP contribution in [0.15, 0.2) is 0 Å². The van der Waals surface area contributed by atoms with Gasteiger partial charge in [-0.3, -0.25) is 4.90 Å². The topological polar surface area (TPSA) is 43.7 Å². The van der Waals surface area contributed by atoms with Crippen molar-refractivity contribution >= 4 is 23.2 Å². The summed E-state index contributed by atoms with van der Waals surface area (Å²) in [6.45, 7) is 0.766. The summed E-state index contributed by atoms with van der Waals surface area (Å²) in [5.41, 5.74) is 0. The molecule has 0 spiro atoms. The van der Waals surface area contributed by atoms with Crippen molar-refractivity contribution in [3.05, 3.63) is 0 Å². The lowest BCUT2D eigenvalue weighted by Crippen LogP contribution is -2.33. The summed E-state index contributed by atoms with van der Waals surface area (Å²) in [5, 5.41) is 16.9. The zero-order valence-electron chi connectivity index (χ0n) is 5.50. The van der Waals surface area contributed by atoms with Crippen LogP contribution in [0.25, 0.3) is 0 Å². The lowest BCUT2D eigenvalue weighted by molar-refractivity contribution is 0.169. The van der Waals surface area contributed by atoms with Gasteiger partial charge >= 0.3 is 0 Å². The number of halogens is 2. The van der Waals surface area contributed by atoms with Gasteiger partial charge in [-0.1, -0.05) is 23.2 Å². The summed E-state index contributed by atoms with van der Waals surface area (Å²) < 4.78 is 0. The van der Waals surface area contributed by atoms with Crippen LogP contribution in [-0.4, -0.2) is 46.4 Å². The average Bonchev–Trinajstić information content (AvgIpc) is 1.87. The molecule has 0 aliphatic rings. The fourth-order valence-electron chi connectivity index (χ4n) is 0.564. The summed E-state index contributed by atoms with van der Waals surface area (Å²) in [5.74, 6) is 0. The average molecular weight is 188 g/mol. The lowest BCUT2D eigenvalue weighted by Gasteiger charge is -2.20. The Hall–Kier alpha value is 0.460. The largest absolute Gasteiger partial charge is 0.395 e. The summed E-state index contributed by atoms with van der Waals surface area (Å²) in [4.78, 5) is 0.905. The Morgan fingerprint density at radius 3 is 1.70 bits per heavy atom. The Balaban J connectivity index is 3.50. The molecule has 0 radical (unpaired) electrons. The van der Waals surface area contributed by atoms with Gasteiger partial charge in [0.25, 0.3) is 0 Å². The van der Waals surface area contributed by atoms with Crippen molar-refractivity contribution in [3.63, 3.8) is 0 Å². The number of aliphatic hydroxyl groups is 2. The molecular weight excluding hydrogens is 177 g/mol. The van der Waals surface area contributed by atoms with E-state index in [1.807, 2.05) is 0 Å². The minimum atomic E-state index is -0.653. The fourth-order valence-corrected chi connectivity index (χ4v) is 0.954. The highest BCUT2D eigenvalue weighted by molar-refractivity contribution is 6.43. The van der Waals surface area contributed by atoms with Crippen LogP contribution in [0.2, 0.25) is 0 Å². The second-order valence-electron chi connectivity index (χ2n) is 1.76. The van der Waals surface area contributed by atoms with E-state index in [1.165, 1.54) is 0 Å². The zero-order chi connectivity index (χ0) is 7.98. The first kappa shape index (κ1) is 10.5. The van der Waals surface area contributed by atoms with Crippen molar-refractivity contribution in [2.24, 2.45) is 0 Å². The first-order valence-corrected chi connectivity index (χ1v) is 3.83. The molecule has 3 nitrogen and oxygen atoms in total. The Bertz CT molecular complexity index is 76.0. The lowest BCUT2D eigenvalue weighted by atomic mass is 10.5. The van der Waals surface area contributed by atoms with Crippen LogP contribution in [0.5, 0.6) is 0 Å². The van der Waals surface area contributed by atoms with Crippen molar-refractivity contribution < 1.29 is 10.2 Å². The van der Waals surface area contributed by atoms with Crippen molar-refractivity contribution in [1.29, 1.82) is 0 Å². The predicted octanol–water partition coefficient (Wildman–Crippen LogP) is 0.0342. The zero-order valence-corrected chi connectivity index (χ0v) is 7.02. The third-order valence-corrected chi connectivity index (χ3v) is 1.60. The van der Waals surface area contributed by atoms with E-state index < -0.39 is 4.96 Å². The molecule has 0 fully saturated rings.